The number of hydrogen-bond donors (Lipinski definition) is 5. The number of benzene rings is 2. The molecule has 5 N–H and O–H groups in total. The summed E-state index contributed by atoms with van der Waals surface area (Å²) in [5.41, 5.74) is 8.49. The number of thiophene rings is 1. The van der Waals surface area contributed by atoms with Crippen LogP contribution in [0.3, 0.4) is 0 Å². The van der Waals surface area contributed by atoms with Gasteiger partial charge < -0.3 is 25.6 Å². The van der Waals surface area contributed by atoms with Gasteiger partial charge >= 0.3 is 0 Å². The van der Waals surface area contributed by atoms with Crippen LogP contribution in [0, 0.1) is 0 Å². The zero-order valence-corrected chi connectivity index (χ0v) is 30.0. The Balaban J connectivity index is 0.000000150. The fraction of sp³-hybridized carbons (Fsp3) is 0.0606. The van der Waals surface area contributed by atoms with Gasteiger partial charge in [0.2, 0.25) is 0 Å². The minimum atomic E-state index is 0.710. The molecule has 234 valence electrons. The molecule has 0 fully saturated rings. The second-order valence-electron chi connectivity index (χ2n) is 10.4. The number of imidazole rings is 3. The predicted octanol–water partition coefficient (Wildman–Crippen LogP) is 9.55. The van der Waals surface area contributed by atoms with E-state index < -0.39 is 0 Å². The lowest BCUT2D eigenvalue weighted by Crippen LogP contribution is -1.99. The van der Waals surface area contributed by atoms with E-state index in [0.29, 0.717) is 12.2 Å². The summed E-state index contributed by atoms with van der Waals surface area (Å²) in [5.74, 6) is 1.63. The van der Waals surface area contributed by atoms with Gasteiger partial charge in [-0.25, -0.2) is 24.9 Å². The Morgan fingerprint density at radius 1 is 0.638 bits per heavy atom. The van der Waals surface area contributed by atoms with Gasteiger partial charge in [0.1, 0.15) is 11.6 Å². The van der Waals surface area contributed by atoms with E-state index in [9.17, 15) is 0 Å². The lowest BCUT2D eigenvalue weighted by molar-refractivity contribution is 1.07. The average Bonchev–Trinajstić information content (AvgIpc) is 3.91. The molecule has 10 nitrogen and oxygen atoms in total. The van der Waals surface area contributed by atoms with Crippen molar-refractivity contribution in [1.29, 1.82) is 0 Å². The highest BCUT2D eigenvalue weighted by Gasteiger charge is 2.08. The molecule has 0 aliphatic heterocycles. The standard InChI is InChI=1S/C17H12Br2N4S.C16H13BrN6/c18-11-6-15-17(21-7-11)23-16(22-15)10-1-3-13(4-2-10)20-8-14-5-12(19)9-24-14;17-11-5-14-16(20-6-11)23-15(22-14)10-1-3-12(4-2-10)19-8-13-7-18-9-21-13/h1-7,9,20H,8H2,(H,21,22,23);1-7,9,19H,8H2,(H,18,21)(H,20,22,23). The van der Waals surface area contributed by atoms with Gasteiger partial charge in [0.15, 0.2) is 11.3 Å². The highest BCUT2D eigenvalue weighted by molar-refractivity contribution is 9.11. The van der Waals surface area contributed by atoms with Gasteiger partial charge in [-0.1, -0.05) is 0 Å². The fourth-order valence-corrected chi connectivity index (χ4v) is 6.78. The van der Waals surface area contributed by atoms with Gasteiger partial charge in [-0.15, -0.1) is 11.3 Å². The van der Waals surface area contributed by atoms with Crippen LogP contribution in [0.25, 0.3) is 45.1 Å². The Morgan fingerprint density at radius 2 is 1.19 bits per heavy atom. The van der Waals surface area contributed by atoms with Crippen LogP contribution in [0.1, 0.15) is 10.6 Å². The monoisotopic (exact) mass is 830 g/mol. The first-order chi connectivity index (χ1) is 22.9. The third-order valence-corrected chi connectivity index (χ3v) is 9.62. The third-order valence-electron chi connectivity index (χ3n) is 7.05. The van der Waals surface area contributed by atoms with Gasteiger partial charge in [-0.2, -0.15) is 0 Å². The summed E-state index contributed by atoms with van der Waals surface area (Å²) in [5, 5.41) is 8.86. The molecule has 0 saturated carbocycles. The minimum absolute atomic E-state index is 0.710. The Kier molecular flexibility index (Phi) is 9.42. The topological polar surface area (TPSA) is 136 Å². The fourth-order valence-electron chi connectivity index (χ4n) is 4.73. The van der Waals surface area contributed by atoms with Crippen LogP contribution < -0.4 is 10.6 Å². The second kappa shape index (κ2) is 14.2. The van der Waals surface area contributed by atoms with Crippen molar-refractivity contribution in [2.24, 2.45) is 0 Å². The highest BCUT2D eigenvalue weighted by atomic mass is 79.9. The zero-order chi connectivity index (χ0) is 32.2. The van der Waals surface area contributed by atoms with E-state index in [-0.39, 0.29) is 0 Å². The molecule has 0 spiro atoms. The van der Waals surface area contributed by atoms with E-state index in [1.165, 1.54) is 4.88 Å². The number of anilines is 2. The number of nitrogens with zero attached hydrogens (tertiary/aromatic N) is 5. The first-order valence-electron chi connectivity index (χ1n) is 14.4. The Morgan fingerprint density at radius 3 is 1.68 bits per heavy atom. The van der Waals surface area contributed by atoms with E-state index in [2.05, 4.69) is 134 Å². The van der Waals surface area contributed by atoms with E-state index in [1.807, 2.05) is 36.4 Å². The molecule has 6 aromatic heterocycles. The maximum atomic E-state index is 4.54. The number of rotatable bonds is 8. The largest absolute Gasteiger partial charge is 0.380 e. The number of fused-ring (bicyclic) bond motifs is 2. The second-order valence-corrected chi connectivity index (χ2v) is 14.1. The number of aromatic amines is 3. The average molecular weight is 833 g/mol. The molecule has 8 rings (SSSR count). The molecular weight excluding hydrogens is 808 g/mol. The third kappa shape index (κ3) is 7.79. The van der Waals surface area contributed by atoms with Crippen molar-refractivity contribution in [3.63, 3.8) is 0 Å². The van der Waals surface area contributed by atoms with Crippen LogP contribution in [-0.4, -0.2) is 39.9 Å². The molecule has 0 aliphatic carbocycles. The van der Waals surface area contributed by atoms with Gasteiger partial charge in [-0.3, -0.25) is 0 Å². The number of pyridine rings is 2. The van der Waals surface area contributed by atoms with Gasteiger partial charge in [0, 0.05) is 71.3 Å². The summed E-state index contributed by atoms with van der Waals surface area (Å²) in [6.07, 6.45) is 6.98. The smallest absolute Gasteiger partial charge is 0.178 e. The summed E-state index contributed by atoms with van der Waals surface area (Å²) in [6.45, 7) is 1.53. The Bertz CT molecular complexity index is 2240. The molecule has 0 amide bonds. The van der Waals surface area contributed by atoms with E-state index >= 15 is 0 Å². The number of nitrogens with one attached hydrogen (secondary N) is 5. The molecule has 8 aromatic rings. The molecule has 0 unspecified atom stereocenters. The lowest BCUT2D eigenvalue weighted by Gasteiger charge is -2.05. The number of H-pyrrole nitrogens is 3. The van der Waals surface area contributed by atoms with E-state index in [1.54, 1.807) is 36.3 Å². The van der Waals surface area contributed by atoms with Crippen LogP contribution in [0.5, 0.6) is 0 Å². The maximum absolute atomic E-state index is 4.54. The van der Waals surface area contributed by atoms with Gasteiger partial charge in [-0.05, 0) is 115 Å². The SMILES string of the molecule is Brc1cnc2nc(-c3ccc(NCc4cnc[nH]4)cc3)[nH]c2c1.Brc1csc(CNc2ccc(-c3nc4ncc(Br)cc4[nH]3)cc2)c1. The molecule has 6 heterocycles. The Hall–Kier alpha value is -4.37. The van der Waals surface area contributed by atoms with Crippen LogP contribution in [-0.2, 0) is 13.1 Å². The maximum Gasteiger partial charge on any atom is 0.178 e. The van der Waals surface area contributed by atoms with Gasteiger partial charge in [0.25, 0.3) is 0 Å². The van der Waals surface area contributed by atoms with E-state index in [0.717, 1.165) is 76.5 Å². The van der Waals surface area contributed by atoms with Crippen LogP contribution in [0.15, 0.2) is 110 Å². The number of hydrogen-bond acceptors (Lipinski definition) is 8. The summed E-state index contributed by atoms with van der Waals surface area (Å²) in [7, 11) is 0. The lowest BCUT2D eigenvalue weighted by atomic mass is 10.2. The van der Waals surface area contributed by atoms with Crippen LogP contribution in [0.4, 0.5) is 11.4 Å². The minimum Gasteiger partial charge on any atom is -0.380 e. The summed E-state index contributed by atoms with van der Waals surface area (Å²) < 4.78 is 2.99. The summed E-state index contributed by atoms with van der Waals surface area (Å²) in [6, 6.07) is 22.4. The summed E-state index contributed by atoms with van der Waals surface area (Å²) in [4.78, 5) is 32.6. The van der Waals surface area contributed by atoms with Crippen molar-refractivity contribution in [2.75, 3.05) is 10.6 Å². The zero-order valence-electron chi connectivity index (χ0n) is 24.4. The predicted molar refractivity (Wildman–Crippen MR) is 199 cm³/mol. The van der Waals surface area contributed by atoms with Crippen molar-refractivity contribution in [3.8, 4) is 22.8 Å². The molecule has 47 heavy (non-hydrogen) atoms. The molecule has 14 heteroatoms. The van der Waals surface area contributed by atoms with Crippen molar-refractivity contribution in [2.45, 2.75) is 13.1 Å². The first kappa shape index (κ1) is 31.2. The van der Waals surface area contributed by atoms with Crippen LogP contribution >= 0.6 is 59.1 Å². The van der Waals surface area contributed by atoms with E-state index in [4.69, 9.17) is 0 Å². The number of halogens is 3. The normalized spacial score (nSPS) is 11.0. The molecule has 0 saturated heterocycles. The Labute approximate surface area is 298 Å². The van der Waals surface area contributed by atoms with Crippen LogP contribution in [0.2, 0.25) is 0 Å². The molecular formula is C33H25Br3N10S. The molecule has 0 atom stereocenters. The van der Waals surface area contributed by atoms with Gasteiger partial charge in [0.05, 0.1) is 29.6 Å². The molecule has 0 radical (unpaired) electrons. The quantitative estimate of drug-likeness (QED) is 0.103. The van der Waals surface area contributed by atoms with Crippen molar-refractivity contribution >= 4 is 92.8 Å². The highest BCUT2D eigenvalue weighted by Crippen LogP contribution is 2.25. The molecule has 2 aromatic carbocycles. The van der Waals surface area contributed by atoms with Crippen molar-refractivity contribution in [3.05, 3.63) is 121 Å². The van der Waals surface area contributed by atoms with Crippen molar-refractivity contribution in [1.82, 2.24) is 39.9 Å². The summed E-state index contributed by atoms with van der Waals surface area (Å²) >= 11 is 12.1. The first-order valence-corrected chi connectivity index (χ1v) is 17.6. The molecule has 0 aliphatic rings. The van der Waals surface area contributed by atoms with Crippen molar-refractivity contribution < 1.29 is 0 Å². The number of aromatic nitrogens is 8. The molecule has 0 bridgehead atoms.